The molecule has 16 heavy (non-hydrogen) atoms. The van der Waals surface area contributed by atoms with Gasteiger partial charge in [-0.05, 0) is 12.8 Å². The maximum Gasteiger partial charge on any atom is 0.255 e. The van der Waals surface area contributed by atoms with E-state index in [1.165, 1.54) is 4.90 Å². The van der Waals surface area contributed by atoms with Crippen molar-refractivity contribution < 1.29 is 18.4 Å². The van der Waals surface area contributed by atoms with Gasteiger partial charge in [0.05, 0.1) is 6.54 Å². The highest BCUT2D eigenvalue weighted by molar-refractivity contribution is 5.90. The van der Waals surface area contributed by atoms with E-state index in [1.54, 1.807) is 0 Å². The van der Waals surface area contributed by atoms with Crippen LogP contribution in [0.15, 0.2) is 0 Å². The molecule has 0 radical (unpaired) electrons. The third-order valence-corrected chi connectivity index (χ3v) is 3.12. The fourth-order valence-corrected chi connectivity index (χ4v) is 2.36. The number of hydrogen-bond donors (Lipinski definition) is 0. The van der Waals surface area contributed by atoms with Gasteiger partial charge in [-0.15, -0.1) is 0 Å². The van der Waals surface area contributed by atoms with E-state index in [9.17, 15) is 18.4 Å². The number of hydrogen-bond acceptors (Lipinski definition) is 2. The molecule has 2 aliphatic heterocycles. The van der Waals surface area contributed by atoms with Crippen molar-refractivity contribution in [1.82, 2.24) is 9.80 Å². The van der Waals surface area contributed by atoms with Gasteiger partial charge < -0.3 is 9.80 Å². The number of alkyl halides is 2. The Balaban J connectivity index is 2.13. The van der Waals surface area contributed by atoms with Gasteiger partial charge in [0.1, 0.15) is 6.04 Å². The molecule has 0 aromatic rings. The lowest BCUT2D eigenvalue weighted by Gasteiger charge is -2.24. The fraction of sp³-hybridized carbons (Fsp3) is 0.800. The molecular formula is C10H14F2N2O2. The van der Waals surface area contributed by atoms with E-state index < -0.39 is 19.0 Å². The van der Waals surface area contributed by atoms with Gasteiger partial charge in [0.2, 0.25) is 11.8 Å². The van der Waals surface area contributed by atoms with Gasteiger partial charge in [-0.25, -0.2) is 8.78 Å². The Labute approximate surface area is 92.2 Å². The molecule has 4 nitrogen and oxygen atoms in total. The first-order chi connectivity index (χ1) is 7.59. The molecule has 0 N–H and O–H groups in total. The molecule has 0 aliphatic carbocycles. The van der Waals surface area contributed by atoms with Crippen LogP contribution in [0.3, 0.4) is 0 Å². The molecule has 0 bridgehead atoms. The van der Waals surface area contributed by atoms with Gasteiger partial charge in [0.15, 0.2) is 0 Å². The largest absolute Gasteiger partial charge is 0.335 e. The Hall–Kier alpha value is -1.20. The molecule has 0 spiro atoms. The second-order valence-corrected chi connectivity index (χ2v) is 4.17. The first-order valence-corrected chi connectivity index (χ1v) is 5.46. The summed E-state index contributed by atoms with van der Waals surface area (Å²) in [5.41, 5.74) is 0. The highest BCUT2D eigenvalue weighted by Gasteiger charge is 2.39. The molecule has 2 saturated heterocycles. The molecule has 2 aliphatic rings. The predicted octanol–water partition coefficient (Wildman–Crippen LogP) is 0.475. The summed E-state index contributed by atoms with van der Waals surface area (Å²) in [5.74, 6) is -0.406. The van der Waals surface area contributed by atoms with Crippen LogP contribution in [0.5, 0.6) is 0 Å². The highest BCUT2D eigenvalue weighted by Crippen LogP contribution is 2.23. The van der Waals surface area contributed by atoms with Crippen molar-refractivity contribution in [2.45, 2.75) is 31.7 Å². The van der Waals surface area contributed by atoms with Crippen molar-refractivity contribution in [3.63, 3.8) is 0 Å². The van der Waals surface area contributed by atoms with Gasteiger partial charge in [0, 0.05) is 19.5 Å². The van der Waals surface area contributed by atoms with Crippen LogP contribution in [0, 0.1) is 0 Å². The van der Waals surface area contributed by atoms with Crippen LogP contribution in [0.25, 0.3) is 0 Å². The molecule has 0 aromatic heterocycles. The monoisotopic (exact) mass is 232 g/mol. The fourth-order valence-electron chi connectivity index (χ4n) is 2.36. The van der Waals surface area contributed by atoms with E-state index in [0.717, 1.165) is 11.3 Å². The van der Waals surface area contributed by atoms with Gasteiger partial charge >= 0.3 is 0 Å². The van der Waals surface area contributed by atoms with E-state index in [0.29, 0.717) is 13.0 Å². The molecule has 1 atom stereocenters. The Morgan fingerprint density at radius 3 is 2.75 bits per heavy atom. The minimum Gasteiger partial charge on any atom is -0.335 e. The quantitative estimate of drug-likeness (QED) is 0.694. The summed E-state index contributed by atoms with van der Waals surface area (Å²) in [4.78, 5) is 26.2. The van der Waals surface area contributed by atoms with Gasteiger partial charge in [-0.3, -0.25) is 9.59 Å². The van der Waals surface area contributed by atoms with Crippen molar-refractivity contribution >= 4 is 11.8 Å². The van der Waals surface area contributed by atoms with E-state index >= 15 is 0 Å². The summed E-state index contributed by atoms with van der Waals surface area (Å²) in [5, 5.41) is 0. The predicted molar refractivity (Wildman–Crippen MR) is 51.9 cm³/mol. The summed E-state index contributed by atoms with van der Waals surface area (Å²) in [6, 6.07) is -0.492. The van der Waals surface area contributed by atoms with Crippen LogP contribution < -0.4 is 0 Å². The van der Waals surface area contributed by atoms with E-state index in [4.69, 9.17) is 0 Å². The zero-order valence-electron chi connectivity index (χ0n) is 8.86. The van der Waals surface area contributed by atoms with Crippen LogP contribution in [0.4, 0.5) is 8.78 Å². The Morgan fingerprint density at radius 1 is 1.31 bits per heavy atom. The average molecular weight is 232 g/mol. The first kappa shape index (κ1) is 11.3. The van der Waals surface area contributed by atoms with E-state index in [2.05, 4.69) is 0 Å². The minimum absolute atomic E-state index is 0.0902. The highest BCUT2D eigenvalue weighted by atomic mass is 19.3. The average Bonchev–Trinajstić information content (AvgIpc) is 2.67. The molecule has 2 rings (SSSR count). The van der Waals surface area contributed by atoms with Crippen molar-refractivity contribution in [3.8, 4) is 0 Å². The number of nitrogens with zero attached hydrogens (tertiary/aromatic N) is 2. The van der Waals surface area contributed by atoms with Crippen molar-refractivity contribution in [3.05, 3.63) is 0 Å². The van der Waals surface area contributed by atoms with Crippen LogP contribution in [-0.2, 0) is 9.59 Å². The van der Waals surface area contributed by atoms with Gasteiger partial charge in [0.25, 0.3) is 6.43 Å². The molecule has 6 heteroatoms. The number of carbonyl (C=O) groups excluding carboxylic acids is 2. The minimum atomic E-state index is -2.54. The number of carbonyl (C=O) groups is 2. The SMILES string of the molecule is O=C1C2CCCN2C(=O)CCN1CC(F)F. The van der Waals surface area contributed by atoms with E-state index in [1.807, 2.05) is 0 Å². The van der Waals surface area contributed by atoms with Crippen LogP contribution in [0.1, 0.15) is 19.3 Å². The topological polar surface area (TPSA) is 40.6 Å². The summed E-state index contributed by atoms with van der Waals surface area (Å²) >= 11 is 0. The zero-order valence-corrected chi connectivity index (χ0v) is 8.86. The second-order valence-electron chi connectivity index (χ2n) is 4.17. The summed E-state index contributed by atoms with van der Waals surface area (Å²) in [6.45, 7) is 0.142. The summed E-state index contributed by atoms with van der Waals surface area (Å²) < 4.78 is 24.5. The molecule has 90 valence electrons. The number of rotatable bonds is 2. The second kappa shape index (κ2) is 4.35. The van der Waals surface area contributed by atoms with Gasteiger partial charge in [-0.1, -0.05) is 0 Å². The smallest absolute Gasteiger partial charge is 0.255 e. The Morgan fingerprint density at radius 2 is 2.06 bits per heavy atom. The first-order valence-electron chi connectivity index (χ1n) is 5.46. The van der Waals surface area contributed by atoms with Crippen molar-refractivity contribution in [1.29, 1.82) is 0 Å². The lowest BCUT2D eigenvalue weighted by atomic mass is 10.2. The number of amides is 2. The molecule has 0 aromatic carbocycles. The number of halogens is 2. The van der Waals surface area contributed by atoms with Gasteiger partial charge in [-0.2, -0.15) is 0 Å². The van der Waals surface area contributed by atoms with Crippen LogP contribution >= 0.6 is 0 Å². The normalized spacial score (nSPS) is 26.3. The maximum atomic E-state index is 12.3. The van der Waals surface area contributed by atoms with Crippen molar-refractivity contribution in [2.24, 2.45) is 0 Å². The molecule has 1 unspecified atom stereocenters. The third kappa shape index (κ3) is 2.01. The molecular weight excluding hydrogens is 218 g/mol. The number of fused-ring (bicyclic) bond motifs is 1. The summed E-state index contributed by atoms with van der Waals surface area (Å²) in [6.07, 6.45) is -0.990. The lowest BCUT2D eigenvalue weighted by Crippen LogP contribution is -2.44. The molecule has 2 fully saturated rings. The Kier molecular flexibility index (Phi) is 3.07. The molecule has 2 amide bonds. The molecule has 2 heterocycles. The maximum absolute atomic E-state index is 12.3. The zero-order chi connectivity index (χ0) is 11.7. The third-order valence-electron chi connectivity index (χ3n) is 3.12. The lowest BCUT2D eigenvalue weighted by molar-refractivity contribution is -0.140. The standard InChI is InChI=1S/C10H14F2N2O2/c11-8(12)6-13-5-3-9(15)14-4-1-2-7(14)10(13)16/h7-8H,1-6H2. The van der Waals surface area contributed by atoms with Crippen LogP contribution in [-0.4, -0.2) is 53.7 Å². The Bertz CT molecular complexity index is 309. The van der Waals surface area contributed by atoms with E-state index in [-0.39, 0.29) is 24.8 Å². The summed E-state index contributed by atoms with van der Waals surface area (Å²) in [7, 11) is 0. The van der Waals surface area contributed by atoms with Crippen LogP contribution in [0.2, 0.25) is 0 Å². The molecule has 0 saturated carbocycles. The van der Waals surface area contributed by atoms with Crippen molar-refractivity contribution in [2.75, 3.05) is 19.6 Å².